The summed E-state index contributed by atoms with van der Waals surface area (Å²) in [5, 5.41) is 3.36. The zero-order valence-corrected chi connectivity index (χ0v) is 12.5. The third-order valence-electron chi connectivity index (χ3n) is 2.89. The minimum Gasteiger partial charge on any atom is -0.441 e. The van der Waals surface area contributed by atoms with E-state index in [1.165, 1.54) is 0 Å². The van der Waals surface area contributed by atoms with E-state index in [9.17, 15) is 4.79 Å². The van der Waals surface area contributed by atoms with Gasteiger partial charge >= 0.3 is 0 Å². The number of oxazole rings is 1. The van der Waals surface area contributed by atoms with Crippen LogP contribution in [-0.4, -0.2) is 31.2 Å². The Labute approximate surface area is 128 Å². The number of methoxy groups -OCH3 is 1. The fraction of sp³-hybridized carbons (Fsp3) is 0.333. The number of ether oxygens (including phenoxy) is 1. The number of aryl methyl sites for hydroxylation is 1. The molecular formula is C15H17ClN2O3. The van der Waals surface area contributed by atoms with Crippen LogP contribution in [0.3, 0.4) is 0 Å². The summed E-state index contributed by atoms with van der Waals surface area (Å²) in [6.45, 7) is 1.01. The first-order valence-corrected chi connectivity index (χ1v) is 7.03. The number of nitrogens with zero attached hydrogens (tertiary/aromatic N) is 1. The molecule has 0 radical (unpaired) electrons. The molecule has 0 fully saturated rings. The Morgan fingerprint density at radius 2 is 2.24 bits per heavy atom. The first-order valence-electron chi connectivity index (χ1n) is 6.66. The minimum atomic E-state index is -0.0513. The van der Waals surface area contributed by atoms with E-state index in [0.717, 1.165) is 5.56 Å². The Morgan fingerprint density at radius 1 is 1.43 bits per heavy atom. The van der Waals surface area contributed by atoms with Crippen molar-refractivity contribution >= 4 is 17.5 Å². The minimum absolute atomic E-state index is 0.0513. The third kappa shape index (κ3) is 4.58. The average Bonchev–Trinajstić information content (AvgIpc) is 2.94. The van der Waals surface area contributed by atoms with Gasteiger partial charge in [-0.15, -0.1) is 0 Å². The van der Waals surface area contributed by atoms with Gasteiger partial charge < -0.3 is 14.5 Å². The fourth-order valence-electron chi connectivity index (χ4n) is 1.81. The molecule has 0 aliphatic heterocycles. The highest BCUT2D eigenvalue weighted by atomic mass is 35.5. The number of rotatable bonds is 7. The van der Waals surface area contributed by atoms with E-state index in [1.807, 2.05) is 18.2 Å². The van der Waals surface area contributed by atoms with Gasteiger partial charge in [0.25, 0.3) is 0 Å². The number of carbonyl (C=O) groups is 1. The summed E-state index contributed by atoms with van der Waals surface area (Å²) in [5.41, 5.74) is 0.794. The van der Waals surface area contributed by atoms with Crippen LogP contribution in [0.1, 0.15) is 12.3 Å². The van der Waals surface area contributed by atoms with Crippen molar-refractivity contribution in [1.82, 2.24) is 10.3 Å². The van der Waals surface area contributed by atoms with Crippen LogP contribution < -0.4 is 5.32 Å². The molecule has 0 saturated carbocycles. The number of nitrogens with one attached hydrogen (secondary N) is 1. The van der Waals surface area contributed by atoms with Gasteiger partial charge in [0, 0.05) is 32.1 Å². The SMILES string of the molecule is COCCNC(=O)CCc1ncc(-c2ccccc2Cl)o1. The normalized spacial score (nSPS) is 10.6. The van der Waals surface area contributed by atoms with Crippen molar-refractivity contribution in [1.29, 1.82) is 0 Å². The van der Waals surface area contributed by atoms with E-state index in [-0.39, 0.29) is 5.91 Å². The molecule has 1 heterocycles. The van der Waals surface area contributed by atoms with Gasteiger partial charge in [0.15, 0.2) is 11.7 Å². The standard InChI is InChI=1S/C15H17ClN2O3/c1-20-9-8-17-14(19)6-7-15-18-10-13(21-15)11-4-2-3-5-12(11)16/h2-5,10H,6-9H2,1H3,(H,17,19). The van der Waals surface area contributed by atoms with Crippen molar-refractivity contribution in [3.63, 3.8) is 0 Å². The second-order valence-electron chi connectivity index (χ2n) is 4.44. The molecule has 2 aromatic rings. The van der Waals surface area contributed by atoms with Gasteiger partial charge in [-0.1, -0.05) is 23.7 Å². The number of hydrogen-bond donors (Lipinski definition) is 1. The van der Waals surface area contributed by atoms with E-state index < -0.39 is 0 Å². The van der Waals surface area contributed by atoms with Crippen LogP contribution in [0.5, 0.6) is 0 Å². The van der Waals surface area contributed by atoms with E-state index in [4.69, 9.17) is 20.8 Å². The summed E-state index contributed by atoms with van der Waals surface area (Å²) in [6.07, 6.45) is 2.40. The summed E-state index contributed by atoms with van der Waals surface area (Å²) < 4.78 is 10.5. The van der Waals surface area contributed by atoms with E-state index in [2.05, 4.69) is 10.3 Å². The molecule has 0 atom stereocenters. The van der Waals surface area contributed by atoms with Crippen molar-refractivity contribution in [2.24, 2.45) is 0 Å². The monoisotopic (exact) mass is 308 g/mol. The maximum Gasteiger partial charge on any atom is 0.220 e. The Morgan fingerprint density at radius 3 is 3.00 bits per heavy atom. The number of amides is 1. The highest BCUT2D eigenvalue weighted by Crippen LogP contribution is 2.28. The molecule has 0 aliphatic carbocycles. The predicted molar refractivity (Wildman–Crippen MR) is 80.2 cm³/mol. The highest BCUT2D eigenvalue weighted by Gasteiger charge is 2.10. The summed E-state index contributed by atoms with van der Waals surface area (Å²) >= 11 is 6.10. The molecule has 0 aliphatic rings. The predicted octanol–water partition coefficient (Wildman–Crippen LogP) is 2.69. The first-order chi connectivity index (χ1) is 10.2. The summed E-state index contributed by atoms with van der Waals surface area (Å²) in [4.78, 5) is 15.7. The second kappa shape index (κ2) is 7.81. The van der Waals surface area contributed by atoms with Crippen molar-refractivity contribution in [2.45, 2.75) is 12.8 Å². The van der Waals surface area contributed by atoms with Crippen LogP contribution in [-0.2, 0) is 16.0 Å². The van der Waals surface area contributed by atoms with Gasteiger partial charge in [-0.3, -0.25) is 4.79 Å². The Kier molecular flexibility index (Phi) is 5.78. The lowest BCUT2D eigenvalue weighted by atomic mass is 10.2. The van der Waals surface area contributed by atoms with Gasteiger partial charge in [-0.2, -0.15) is 0 Å². The molecule has 6 heteroatoms. The maximum absolute atomic E-state index is 11.6. The number of hydrogen-bond acceptors (Lipinski definition) is 4. The highest BCUT2D eigenvalue weighted by molar-refractivity contribution is 6.33. The van der Waals surface area contributed by atoms with E-state index in [0.29, 0.717) is 42.7 Å². The Bertz CT molecular complexity index is 598. The quantitative estimate of drug-likeness (QED) is 0.799. The molecule has 1 amide bonds. The number of aromatic nitrogens is 1. The molecule has 1 N–H and O–H groups in total. The van der Waals surface area contributed by atoms with Gasteiger partial charge in [0.2, 0.25) is 5.91 Å². The van der Waals surface area contributed by atoms with Gasteiger partial charge in [-0.25, -0.2) is 4.98 Å². The lowest BCUT2D eigenvalue weighted by Gasteiger charge is -2.02. The van der Waals surface area contributed by atoms with Crippen LogP contribution in [0.25, 0.3) is 11.3 Å². The third-order valence-corrected chi connectivity index (χ3v) is 3.22. The number of benzene rings is 1. The summed E-state index contributed by atoms with van der Waals surface area (Å²) in [5.74, 6) is 1.08. The topological polar surface area (TPSA) is 64.4 Å². The lowest BCUT2D eigenvalue weighted by molar-refractivity contribution is -0.121. The van der Waals surface area contributed by atoms with Gasteiger partial charge in [0.05, 0.1) is 17.8 Å². The number of carbonyl (C=O) groups excluding carboxylic acids is 1. The molecule has 5 nitrogen and oxygen atoms in total. The average molecular weight is 309 g/mol. The Hall–Kier alpha value is -1.85. The summed E-state index contributed by atoms with van der Waals surface area (Å²) in [7, 11) is 1.59. The number of halogens is 1. The van der Waals surface area contributed by atoms with Crippen LogP contribution in [0.4, 0.5) is 0 Å². The first kappa shape index (κ1) is 15.5. The summed E-state index contributed by atoms with van der Waals surface area (Å²) in [6, 6.07) is 7.40. The van der Waals surface area contributed by atoms with Crippen LogP contribution in [0, 0.1) is 0 Å². The molecular weight excluding hydrogens is 292 g/mol. The second-order valence-corrected chi connectivity index (χ2v) is 4.85. The zero-order valence-electron chi connectivity index (χ0n) is 11.8. The molecule has 21 heavy (non-hydrogen) atoms. The lowest BCUT2D eigenvalue weighted by Crippen LogP contribution is -2.27. The molecule has 1 aromatic heterocycles. The zero-order chi connectivity index (χ0) is 15.1. The largest absolute Gasteiger partial charge is 0.441 e. The molecule has 0 spiro atoms. The van der Waals surface area contributed by atoms with Crippen molar-refractivity contribution < 1.29 is 13.9 Å². The Balaban J connectivity index is 1.89. The molecule has 112 valence electrons. The van der Waals surface area contributed by atoms with Gasteiger partial charge in [-0.05, 0) is 12.1 Å². The van der Waals surface area contributed by atoms with Crippen LogP contribution in [0.15, 0.2) is 34.9 Å². The molecule has 1 aromatic carbocycles. The van der Waals surface area contributed by atoms with E-state index >= 15 is 0 Å². The van der Waals surface area contributed by atoms with Crippen molar-refractivity contribution in [3.05, 3.63) is 41.4 Å². The molecule has 2 rings (SSSR count). The van der Waals surface area contributed by atoms with Crippen LogP contribution >= 0.6 is 11.6 Å². The fourth-order valence-corrected chi connectivity index (χ4v) is 2.04. The molecule has 0 bridgehead atoms. The molecule has 0 saturated heterocycles. The smallest absolute Gasteiger partial charge is 0.220 e. The van der Waals surface area contributed by atoms with Crippen molar-refractivity contribution in [3.8, 4) is 11.3 Å². The van der Waals surface area contributed by atoms with Gasteiger partial charge in [0.1, 0.15) is 0 Å². The van der Waals surface area contributed by atoms with Crippen LogP contribution in [0.2, 0.25) is 5.02 Å². The maximum atomic E-state index is 11.6. The van der Waals surface area contributed by atoms with Crippen molar-refractivity contribution in [2.75, 3.05) is 20.3 Å². The van der Waals surface area contributed by atoms with E-state index in [1.54, 1.807) is 19.4 Å². The molecule has 0 unspecified atom stereocenters.